The number of aliphatic imine (C=N–C) groups is 1. The van der Waals surface area contributed by atoms with Crippen LogP contribution in [0, 0.1) is 0 Å². The van der Waals surface area contributed by atoms with Crippen LogP contribution in [-0.2, 0) is 11.3 Å². The third kappa shape index (κ3) is 3.37. The predicted octanol–water partition coefficient (Wildman–Crippen LogP) is 1.69. The van der Waals surface area contributed by atoms with Gasteiger partial charge in [-0.3, -0.25) is 4.99 Å². The summed E-state index contributed by atoms with van der Waals surface area (Å²) in [5, 5.41) is 6.82. The van der Waals surface area contributed by atoms with Crippen LogP contribution in [0.2, 0.25) is 0 Å². The van der Waals surface area contributed by atoms with Crippen LogP contribution in [0.25, 0.3) is 0 Å². The van der Waals surface area contributed by atoms with Crippen molar-refractivity contribution in [1.29, 1.82) is 0 Å². The highest BCUT2D eigenvalue weighted by atomic mass is 16.5. The van der Waals surface area contributed by atoms with Crippen molar-refractivity contribution in [2.24, 2.45) is 4.99 Å². The highest BCUT2D eigenvalue weighted by molar-refractivity contribution is 5.80. The summed E-state index contributed by atoms with van der Waals surface area (Å²) >= 11 is 0. The van der Waals surface area contributed by atoms with Gasteiger partial charge in [-0.15, -0.1) is 0 Å². The maximum Gasteiger partial charge on any atom is 0.191 e. The zero-order chi connectivity index (χ0) is 16.2. The fourth-order valence-electron chi connectivity index (χ4n) is 3.43. The van der Waals surface area contributed by atoms with Gasteiger partial charge in [0.2, 0.25) is 0 Å². The van der Waals surface area contributed by atoms with Crippen LogP contribution in [0.4, 0.5) is 0 Å². The molecule has 1 aromatic carbocycles. The summed E-state index contributed by atoms with van der Waals surface area (Å²) in [6.45, 7) is 0.613. The van der Waals surface area contributed by atoms with Gasteiger partial charge in [-0.05, 0) is 25.3 Å². The number of rotatable bonds is 5. The monoisotopic (exact) mass is 319 g/mol. The molecule has 2 heterocycles. The maximum absolute atomic E-state index is 5.88. The highest BCUT2D eigenvalue weighted by Gasteiger charge is 2.41. The summed E-state index contributed by atoms with van der Waals surface area (Å²) in [5.41, 5.74) is 1.03. The first kappa shape index (κ1) is 15.9. The van der Waals surface area contributed by atoms with E-state index in [1.807, 2.05) is 18.2 Å². The first-order chi connectivity index (χ1) is 11.2. The molecule has 6 nitrogen and oxygen atoms in total. The van der Waals surface area contributed by atoms with Gasteiger partial charge < -0.3 is 24.8 Å². The minimum absolute atomic E-state index is 0.324. The van der Waals surface area contributed by atoms with E-state index in [0.717, 1.165) is 35.9 Å². The van der Waals surface area contributed by atoms with E-state index in [2.05, 4.69) is 15.6 Å². The number of benzene rings is 1. The Hall–Kier alpha value is -1.95. The van der Waals surface area contributed by atoms with E-state index in [1.54, 1.807) is 21.3 Å². The molecule has 2 bridgehead atoms. The van der Waals surface area contributed by atoms with Gasteiger partial charge >= 0.3 is 0 Å². The third-order valence-corrected chi connectivity index (χ3v) is 4.58. The molecule has 3 rings (SSSR count). The molecular weight excluding hydrogens is 294 g/mol. The van der Waals surface area contributed by atoms with E-state index in [4.69, 9.17) is 14.2 Å². The number of methoxy groups -OCH3 is 2. The molecule has 0 amide bonds. The maximum atomic E-state index is 5.88. The Bertz CT molecular complexity index is 576. The van der Waals surface area contributed by atoms with Gasteiger partial charge in [-0.25, -0.2) is 0 Å². The second-order valence-electron chi connectivity index (χ2n) is 5.94. The Labute approximate surface area is 137 Å². The average molecular weight is 319 g/mol. The van der Waals surface area contributed by atoms with Crippen molar-refractivity contribution in [3.8, 4) is 11.5 Å². The molecule has 2 aliphatic heterocycles. The molecule has 23 heavy (non-hydrogen) atoms. The number of nitrogens with one attached hydrogen (secondary N) is 2. The molecule has 2 fully saturated rings. The van der Waals surface area contributed by atoms with E-state index < -0.39 is 0 Å². The highest BCUT2D eigenvalue weighted by Crippen LogP contribution is 2.34. The van der Waals surface area contributed by atoms with Crippen molar-refractivity contribution < 1.29 is 14.2 Å². The lowest BCUT2D eigenvalue weighted by atomic mass is 9.96. The molecule has 3 atom stereocenters. The molecule has 2 N–H and O–H groups in total. The van der Waals surface area contributed by atoms with Crippen LogP contribution in [0.15, 0.2) is 23.2 Å². The molecule has 2 aliphatic rings. The van der Waals surface area contributed by atoms with Gasteiger partial charge in [0.05, 0.1) is 32.5 Å². The van der Waals surface area contributed by atoms with Crippen LogP contribution in [-0.4, -0.2) is 45.5 Å². The third-order valence-electron chi connectivity index (χ3n) is 4.58. The Balaban J connectivity index is 1.60. The fourth-order valence-corrected chi connectivity index (χ4v) is 3.43. The Morgan fingerprint density at radius 1 is 1.30 bits per heavy atom. The number of para-hydroxylation sites is 1. The second kappa shape index (κ2) is 7.08. The van der Waals surface area contributed by atoms with Gasteiger partial charge in [-0.1, -0.05) is 12.1 Å². The number of ether oxygens (including phenoxy) is 3. The van der Waals surface area contributed by atoms with Crippen molar-refractivity contribution in [2.45, 2.75) is 44.1 Å². The first-order valence-electron chi connectivity index (χ1n) is 8.07. The van der Waals surface area contributed by atoms with E-state index in [1.165, 1.54) is 6.42 Å². The average Bonchev–Trinajstić information content (AvgIpc) is 3.20. The van der Waals surface area contributed by atoms with Crippen LogP contribution < -0.4 is 20.1 Å². The number of fused-ring (bicyclic) bond motifs is 2. The summed E-state index contributed by atoms with van der Waals surface area (Å²) in [4.78, 5) is 4.32. The smallest absolute Gasteiger partial charge is 0.191 e. The van der Waals surface area contributed by atoms with Gasteiger partial charge in [-0.2, -0.15) is 0 Å². The molecule has 1 aromatic rings. The van der Waals surface area contributed by atoms with Crippen LogP contribution in [0.3, 0.4) is 0 Å². The van der Waals surface area contributed by atoms with Crippen molar-refractivity contribution in [3.05, 3.63) is 23.8 Å². The van der Waals surface area contributed by atoms with E-state index >= 15 is 0 Å². The predicted molar refractivity (Wildman–Crippen MR) is 89.2 cm³/mol. The normalized spacial score (nSPS) is 26.2. The van der Waals surface area contributed by atoms with Crippen LogP contribution >= 0.6 is 0 Å². The molecule has 2 saturated heterocycles. The van der Waals surface area contributed by atoms with Crippen LogP contribution in [0.5, 0.6) is 11.5 Å². The zero-order valence-corrected chi connectivity index (χ0v) is 14.0. The summed E-state index contributed by atoms with van der Waals surface area (Å²) in [6.07, 6.45) is 4.14. The minimum Gasteiger partial charge on any atom is -0.493 e. The number of hydrogen-bond acceptors (Lipinski definition) is 4. The van der Waals surface area contributed by atoms with Gasteiger partial charge in [0, 0.05) is 19.2 Å². The van der Waals surface area contributed by atoms with E-state index in [0.29, 0.717) is 24.8 Å². The Morgan fingerprint density at radius 2 is 2.17 bits per heavy atom. The Morgan fingerprint density at radius 3 is 2.78 bits per heavy atom. The van der Waals surface area contributed by atoms with E-state index in [-0.39, 0.29) is 0 Å². The molecule has 3 unspecified atom stereocenters. The summed E-state index contributed by atoms with van der Waals surface area (Å²) in [6, 6.07) is 6.22. The molecule has 0 saturated carbocycles. The molecule has 6 heteroatoms. The largest absolute Gasteiger partial charge is 0.493 e. The summed E-state index contributed by atoms with van der Waals surface area (Å²) in [7, 11) is 5.08. The van der Waals surface area contributed by atoms with Gasteiger partial charge in [0.25, 0.3) is 0 Å². The first-order valence-corrected chi connectivity index (χ1v) is 8.07. The zero-order valence-electron chi connectivity index (χ0n) is 14.0. The summed E-state index contributed by atoms with van der Waals surface area (Å²) < 4.78 is 16.7. The summed E-state index contributed by atoms with van der Waals surface area (Å²) in [5.74, 6) is 2.27. The van der Waals surface area contributed by atoms with Gasteiger partial charge in [0.15, 0.2) is 17.5 Å². The second-order valence-corrected chi connectivity index (χ2v) is 5.94. The molecule has 0 radical (unpaired) electrons. The van der Waals surface area contributed by atoms with Crippen molar-refractivity contribution in [1.82, 2.24) is 10.6 Å². The Kier molecular flexibility index (Phi) is 4.91. The fraction of sp³-hybridized carbons (Fsp3) is 0.588. The molecule has 0 spiro atoms. The van der Waals surface area contributed by atoms with Crippen molar-refractivity contribution in [3.63, 3.8) is 0 Å². The number of nitrogens with zero attached hydrogens (tertiary/aromatic N) is 1. The SMILES string of the molecule is CN=C(NCc1cccc(OC)c1OC)NC1CC2CCC1O2. The number of hydrogen-bond donors (Lipinski definition) is 2. The topological polar surface area (TPSA) is 64.1 Å². The molecule has 126 valence electrons. The lowest BCUT2D eigenvalue weighted by Crippen LogP contribution is -2.47. The van der Waals surface area contributed by atoms with Gasteiger partial charge in [0.1, 0.15) is 0 Å². The molecule has 0 aliphatic carbocycles. The molecule has 0 aromatic heterocycles. The van der Waals surface area contributed by atoms with Crippen molar-refractivity contribution >= 4 is 5.96 Å². The standard InChI is InChI=1S/C17H25N3O3/c1-18-17(20-13-9-12-7-8-14(13)23-12)19-10-11-5-4-6-15(21-2)16(11)22-3/h4-6,12-14H,7-10H2,1-3H3,(H2,18,19,20). The number of guanidine groups is 1. The quantitative estimate of drug-likeness (QED) is 0.639. The van der Waals surface area contributed by atoms with Crippen molar-refractivity contribution in [2.75, 3.05) is 21.3 Å². The molecular formula is C17H25N3O3. The lowest BCUT2D eigenvalue weighted by Gasteiger charge is -2.23. The lowest BCUT2D eigenvalue weighted by molar-refractivity contribution is 0.0992. The minimum atomic E-state index is 0.324. The van der Waals surface area contributed by atoms with Crippen LogP contribution in [0.1, 0.15) is 24.8 Å². The van der Waals surface area contributed by atoms with E-state index in [9.17, 15) is 0 Å².